The van der Waals surface area contributed by atoms with Gasteiger partial charge in [-0.1, -0.05) is 20.8 Å². The van der Waals surface area contributed by atoms with Crippen molar-refractivity contribution in [1.82, 2.24) is 0 Å². The normalized spacial score (nSPS) is 16.0. The van der Waals surface area contributed by atoms with E-state index in [1.807, 2.05) is 20.8 Å². The number of ether oxygens (including phenoxy) is 2. The number of hydrogen-bond donors (Lipinski definition) is 1. The van der Waals surface area contributed by atoms with Gasteiger partial charge < -0.3 is 19.7 Å². The number of fused-ring (bicyclic) bond motifs is 1. The molecule has 190 valence electrons. The molecular formula is C24H25F5N2O4. The number of carbonyl (C=O) groups is 2. The molecule has 0 spiro atoms. The van der Waals surface area contributed by atoms with Crippen molar-refractivity contribution in [3.63, 3.8) is 0 Å². The zero-order valence-electron chi connectivity index (χ0n) is 19.8. The lowest BCUT2D eigenvalue weighted by Gasteiger charge is -2.34. The third-order valence-electron chi connectivity index (χ3n) is 5.06. The van der Waals surface area contributed by atoms with Gasteiger partial charge in [-0.25, -0.2) is 8.78 Å². The first-order chi connectivity index (χ1) is 16.0. The molecule has 2 amide bonds. The molecule has 0 aromatic heterocycles. The molecule has 0 radical (unpaired) electrons. The highest BCUT2D eigenvalue weighted by Crippen LogP contribution is 2.42. The van der Waals surface area contributed by atoms with Gasteiger partial charge in [0.15, 0.2) is 17.7 Å². The molecule has 2 aromatic carbocycles. The Morgan fingerprint density at radius 1 is 1.14 bits per heavy atom. The van der Waals surface area contributed by atoms with Crippen molar-refractivity contribution in [2.75, 3.05) is 10.2 Å². The van der Waals surface area contributed by atoms with Crippen LogP contribution in [-0.2, 0) is 16.1 Å². The van der Waals surface area contributed by atoms with Crippen molar-refractivity contribution >= 4 is 23.2 Å². The van der Waals surface area contributed by atoms with E-state index in [2.05, 4.69) is 10.1 Å². The Morgan fingerprint density at radius 3 is 2.40 bits per heavy atom. The summed E-state index contributed by atoms with van der Waals surface area (Å²) in [5.74, 6) is -4.02. The van der Waals surface area contributed by atoms with E-state index in [9.17, 15) is 27.2 Å². The quantitative estimate of drug-likeness (QED) is 0.523. The maximum Gasteiger partial charge on any atom is 0.573 e. The molecule has 3 rings (SSSR count). The van der Waals surface area contributed by atoms with Crippen LogP contribution in [-0.4, -0.2) is 24.3 Å². The molecule has 35 heavy (non-hydrogen) atoms. The van der Waals surface area contributed by atoms with Crippen molar-refractivity contribution < 1.29 is 41.0 Å². The molecule has 1 aliphatic heterocycles. The molecule has 6 nitrogen and oxygen atoms in total. The summed E-state index contributed by atoms with van der Waals surface area (Å²) >= 11 is 0. The van der Waals surface area contributed by atoms with E-state index in [1.165, 1.54) is 19.9 Å². The van der Waals surface area contributed by atoms with E-state index in [0.717, 1.165) is 17.0 Å². The molecule has 0 aliphatic carbocycles. The van der Waals surface area contributed by atoms with Gasteiger partial charge in [-0.3, -0.25) is 9.59 Å². The number of aryl methyl sites for hydroxylation is 1. The Morgan fingerprint density at radius 2 is 1.80 bits per heavy atom. The van der Waals surface area contributed by atoms with Gasteiger partial charge in [0.2, 0.25) is 5.91 Å². The molecule has 11 heteroatoms. The number of anilines is 2. The first-order valence-corrected chi connectivity index (χ1v) is 10.7. The monoisotopic (exact) mass is 500 g/mol. The minimum Gasteiger partial charge on any atom is -0.476 e. The van der Waals surface area contributed by atoms with Crippen LogP contribution in [0.1, 0.15) is 45.2 Å². The molecule has 2 aromatic rings. The minimum absolute atomic E-state index is 0.000489. The summed E-state index contributed by atoms with van der Waals surface area (Å²) in [7, 11) is 0. The highest BCUT2D eigenvalue weighted by molar-refractivity contribution is 6.01. The second-order valence-electron chi connectivity index (χ2n) is 9.54. The number of rotatable bonds is 5. The molecule has 0 saturated heterocycles. The van der Waals surface area contributed by atoms with Crippen LogP contribution >= 0.6 is 0 Å². The number of benzene rings is 2. The van der Waals surface area contributed by atoms with Crippen LogP contribution in [0.25, 0.3) is 0 Å². The highest BCUT2D eigenvalue weighted by Gasteiger charge is 2.36. The fourth-order valence-corrected chi connectivity index (χ4v) is 3.69. The highest BCUT2D eigenvalue weighted by atomic mass is 19.4. The second-order valence-corrected chi connectivity index (χ2v) is 9.54. The summed E-state index contributed by atoms with van der Waals surface area (Å²) in [6.45, 7) is 8.09. The zero-order valence-corrected chi connectivity index (χ0v) is 19.8. The van der Waals surface area contributed by atoms with Crippen LogP contribution < -0.4 is 19.7 Å². The van der Waals surface area contributed by atoms with Crippen molar-refractivity contribution in [1.29, 1.82) is 0 Å². The van der Waals surface area contributed by atoms with E-state index in [0.29, 0.717) is 11.6 Å². The topological polar surface area (TPSA) is 67.9 Å². The van der Waals surface area contributed by atoms with Gasteiger partial charge in [-0.15, -0.1) is 13.2 Å². The third kappa shape index (κ3) is 6.40. The summed E-state index contributed by atoms with van der Waals surface area (Å²) in [6, 6.07) is 3.86. The molecule has 1 N–H and O–H groups in total. The lowest BCUT2D eigenvalue weighted by atomic mass is 9.92. The number of nitrogens with one attached hydrogen (secondary N) is 1. The van der Waals surface area contributed by atoms with E-state index >= 15 is 4.39 Å². The average molecular weight is 500 g/mol. The lowest BCUT2D eigenvalue weighted by Crippen LogP contribution is -2.44. The van der Waals surface area contributed by atoms with Crippen LogP contribution in [0.2, 0.25) is 0 Å². The van der Waals surface area contributed by atoms with Crippen molar-refractivity contribution in [2.24, 2.45) is 5.41 Å². The average Bonchev–Trinajstić information content (AvgIpc) is 2.66. The van der Waals surface area contributed by atoms with Crippen LogP contribution in [0, 0.1) is 24.0 Å². The number of hydrogen-bond acceptors (Lipinski definition) is 4. The molecular weight excluding hydrogens is 475 g/mol. The maximum absolute atomic E-state index is 15.5. The fourth-order valence-electron chi connectivity index (χ4n) is 3.69. The molecule has 1 unspecified atom stereocenters. The van der Waals surface area contributed by atoms with Gasteiger partial charge in [0.1, 0.15) is 11.6 Å². The first-order valence-electron chi connectivity index (χ1n) is 10.7. The predicted molar refractivity (Wildman–Crippen MR) is 118 cm³/mol. The molecule has 1 atom stereocenters. The number of amides is 2. The van der Waals surface area contributed by atoms with Crippen molar-refractivity contribution in [3.05, 3.63) is 47.0 Å². The summed E-state index contributed by atoms with van der Waals surface area (Å²) in [4.78, 5) is 26.3. The number of nitrogens with zero attached hydrogens (tertiary/aromatic N) is 1. The summed E-state index contributed by atoms with van der Waals surface area (Å²) in [6.07, 6.45) is -6.04. The summed E-state index contributed by atoms with van der Waals surface area (Å²) in [5.41, 5.74) is -0.167. The number of alkyl halides is 3. The smallest absolute Gasteiger partial charge is 0.476 e. The Balaban J connectivity index is 1.98. The van der Waals surface area contributed by atoms with Gasteiger partial charge in [-0.05, 0) is 48.6 Å². The Labute approximate surface area is 199 Å². The third-order valence-corrected chi connectivity index (χ3v) is 5.06. The van der Waals surface area contributed by atoms with E-state index in [4.69, 9.17) is 4.74 Å². The van der Waals surface area contributed by atoms with Crippen LogP contribution in [0.5, 0.6) is 11.5 Å². The molecule has 0 saturated carbocycles. The number of halogens is 5. The summed E-state index contributed by atoms with van der Waals surface area (Å²) in [5, 5.41) is 2.54. The summed E-state index contributed by atoms with van der Waals surface area (Å²) < 4.78 is 76.4. The molecule has 0 fully saturated rings. The molecule has 0 bridgehead atoms. The van der Waals surface area contributed by atoms with E-state index < -0.39 is 41.7 Å². The van der Waals surface area contributed by atoms with E-state index in [-0.39, 0.29) is 41.1 Å². The maximum atomic E-state index is 15.5. The zero-order chi connectivity index (χ0) is 26.3. The SMILES string of the molecule is Cc1cc2c(c(F)c1NC(=O)CC(C)(C)C)OC(C)C(=O)N2Cc1cc(F)cc(OC(F)(F)F)c1. The molecule has 1 heterocycles. The van der Waals surface area contributed by atoms with Gasteiger partial charge in [0, 0.05) is 12.5 Å². The Bertz CT molecular complexity index is 1160. The largest absolute Gasteiger partial charge is 0.573 e. The van der Waals surface area contributed by atoms with Gasteiger partial charge in [0.05, 0.1) is 17.9 Å². The van der Waals surface area contributed by atoms with Crippen LogP contribution in [0.15, 0.2) is 24.3 Å². The standard InChI is InChI=1S/C24H25F5N2O4/c1-12-6-17-21(19(26)20(12)30-18(32)10-23(3,4)5)34-13(2)22(33)31(17)11-14-7-15(25)9-16(8-14)35-24(27,28)29/h6-9,13H,10-11H2,1-5H3,(H,30,32). The van der Waals surface area contributed by atoms with Gasteiger partial charge in [0.25, 0.3) is 5.91 Å². The van der Waals surface area contributed by atoms with Gasteiger partial charge >= 0.3 is 6.36 Å². The van der Waals surface area contributed by atoms with E-state index in [1.54, 1.807) is 0 Å². The fraction of sp³-hybridized carbons (Fsp3) is 0.417. The minimum atomic E-state index is -5.03. The second kappa shape index (κ2) is 9.35. The van der Waals surface area contributed by atoms with Gasteiger partial charge in [-0.2, -0.15) is 0 Å². The van der Waals surface area contributed by atoms with Crippen LogP contribution in [0.4, 0.5) is 33.3 Å². The van der Waals surface area contributed by atoms with Crippen LogP contribution in [0.3, 0.4) is 0 Å². The molecule has 1 aliphatic rings. The Kier molecular flexibility index (Phi) is 7.01. The number of carbonyl (C=O) groups excluding carboxylic acids is 2. The lowest BCUT2D eigenvalue weighted by molar-refractivity contribution is -0.274. The van der Waals surface area contributed by atoms with Crippen molar-refractivity contribution in [2.45, 2.75) is 60.1 Å². The predicted octanol–water partition coefficient (Wildman–Crippen LogP) is 5.86. The van der Waals surface area contributed by atoms with Crippen molar-refractivity contribution in [3.8, 4) is 11.5 Å². The first kappa shape index (κ1) is 26.2. The Hall–Kier alpha value is -3.37.